The number of hydrogen-bond acceptors (Lipinski definition) is 7. The summed E-state index contributed by atoms with van der Waals surface area (Å²) < 4.78 is 2.51. The van der Waals surface area contributed by atoms with Gasteiger partial charge in [-0.05, 0) is 59.7 Å². The van der Waals surface area contributed by atoms with E-state index in [1.54, 1.807) is 22.9 Å². The van der Waals surface area contributed by atoms with Crippen LogP contribution in [0.5, 0.6) is 5.75 Å². The number of hydrogen-bond donors (Lipinski definition) is 4. The fourth-order valence-corrected chi connectivity index (χ4v) is 4.29. The van der Waals surface area contributed by atoms with E-state index in [0.29, 0.717) is 30.0 Å². The standard InChI is InChI=1S/C31H36N6O4/c1-31(2,3)23-10-12-24(13-11-23)37-28(19-27(35-37)22-6-5-17-36(41)20-22)33-16-4-7-29(39)34-30(40)26(32)18-21-8-14-25(38)15-9-21/h5-6,8-15,17,19-20,26,33,38H,4,7,16,18,32H2,1-3H3,(H,34,39,40)/t26-/m0/s1. The number of nitrogens with zero attached hydrogens (tertiary/aromatic N) is 3. The summed E-state index contributed by atoms with van der Waals surface area (Å²) in [5.41, 5.74) is 10.1. The molecule has 2 heterocycles. The first kappa shape index (κ1) is 29.3. The zero-order valence-electron chi connectivity index (χ0n) is 23.5. The summed E-state index contributed by atoms with van der Waals surface area (Å²) in [6.07, 6.45) is 3.72. The lowest BCUT2D eigenvalue weighted by atomic mass is 9.87. The van der Waals surface area contributed by atoms with E-state index in [1.807, 2.05) is 24.3 Å². The smallest absolute Gasteiger partial charge is 0.243 e. The Labute approximate surface area is 239 Å². The molecule has 4 aromatic rings. The predicted octanol–water partition coefficient (Wildman–Crippen LogP) is 3.58. The van der Waals surface area contributed by atoms with Crippen LogP contribution in [0.25, 0.3) is 16.9 Å². The number of nitrogens with one attached hydrogen (secondary N) is 2. The summed E-state index contributed by atoms with van der Waals surface area (Å²) in [5.74, 6) is -0.119. The van der Waals surface area contributed by atoms with Crippen LogP contribution >= 0.6 is 0 Å². The van der Waals surface area contributed by atoms with Gasteiger partial charge in [-0.1, -0.05) is 45.0 Å². The molecule has 10 heteroatoms. The minimum absolute atomic E-state index is 0.0120. The first-order chi connectivity index (χ1) is 19.5. The fourth-order valence-electron chi connectivity index (χ4n) is 4.29. The summed E-state index contributed by atoms with van der Waals surface area (Å²) in [6, 6.07) is 19.0. The number of rotatable bonds is 10. The van der Waals surface area contributed by atoms with Crippen LogP contribution in [0.1, 0.15) is 44.7 Å². The summed E-state index contributed by atoms with van der Waals surface area (Å²) in [4.78, 5) is 24.8. The monoisotopic (exact) mass is 556 g/mol. The number of phenols is 1. The van der Waals surface area contributed by atoms with E-state index in [0.717, 1.165) is 16.0 Å². The predicted molar refractivity (Wildman–Crippen MR) is 157 cm³/mol. The van der Waals surface area contributed by atoms with Gasteiger partial charge in [-0.15, -0.1) is 0 Å². The topological polar surface area (TPSA) is 149 Å². The molecule has 2 aromatic carbocycles. The molecule has 0 saturated heterocycles. The number of amides is 2. The number of aromatic nitrogens is 3. The first-order valence-corrected chi connectivity index (χ1v) is 13.5. The normalized spacial score (nSPS) is 12.1. The second-order valence-corrected chi connectivity index (χ2v) is 11.0. The molecule has 0 unspecified atom stereocenters. The molecule has 10 nitrogen and oxygen atoms in total. The van der Waals surface area contributed by atoms with Crippen molar-refractivity contribution in [2.45, 2.75) is 51.5 Å². The third-order valence-electron chi connectivity index (χ3n) is 6.64. The Morgan fingerprint density at radius 2 is 1.80 bits per heavy atom. The van der Waals surface area contributed by atoms with Gasteiger partial charge in [-0.25, -0.2) is 4.68 Å². The summed E-state index contributed by atoms with van der Waals surface area (Å²) >= 11 is 0. The molecular weight excluding hydrogens is 520 g/mol. The quantitative estimate of drug-likeness (QED) is 0.132. The van der Waals surface area contributed by atoms with Crippen molar-refractivity contribution >= 4 is 17.6 Å². The molecule has 0 spiro atoms. The maximum absolute atomic E-state index is 12.4. The van der Waals surface area contributed by atoms with E-state index in [9.17, 15) is 19.9 Å². The highest BCUT2D eigenvalue weighted by atomic mass is 16.5. The molecule has 214 valence electrons. The second kappa shape index (κ2) is 12.6. The number of nitrogens with two attached hydrogens (primary N) is 1. The number of anilines is 1. The van der Waals surface area contributed by atoms with E-state index in [2.05, 4.69) is 43.5 Å². The third kappa shape index (κ3) is 7.92. The summed E-state index contributed by atoms with van der Waals surface area (Å²) in [5, 5.41) is 31.7. The highest BCUT2D eigenvalue weighted by Gasteiger charge is 2.18. The van der Waals surface area contributed by atoms with E-state index in [4.69, 9.17) is 10.8 Å². The largest absolute Gasteiger partial charge is 0.619 e. The molecule has 2 aromatic heterocycles. The van der Waals surface area contributed by atoms with Gasteiger partial charge in [0.05, 0.1) is 17.3 Å². The maximum Gasteiger partial charge on any atom is 0.243 e. The molecule has 0 radical (unpaired) electrons. The number of aromatic hydroxyl groups is 1. The van der Waals surface area contributed by atoms with Gasteiger partial charge in [0.2, 0.25) is 11.8 Å². The Hall–Kier alpha value is -4.70. The lowest BCUT2D eigenvalue weighted by Crippen LogP contribution is -2.44. The first-order valence-electron chi connectivity index (χ1n) is 13.5. The zero-order chi connectivity index (χ0) is 29.6. The van der Waals surface area contributed by atoms with Crippen molar-refractivity contribution in [3.63, 3.8) is 0 Å². The maximum atomic E-state index is 12.4. The minimum atomic E-state index is -0.884. The van der Waals surface area contributed by atoms with Crippen LogP contribution in [0, 0.1) is 5.21 Å². The van der Waals surface area contributed by atoms with E-state index >= 15 is 0 Å². The van der Waals surface area contributed by atoms with Gasteiger partial charge in [0.15, 0.2) is 12.4 Å². The van der Waals surface area contributed by atoms with Gasteiger partial charge in [-0.3, -0.25) is 14.9 Å². The highest BCUT2D eigenvalue weighted by molar-refractivity contribution is 5.97. The van der Waals surface area contributed by atoms with E-state index in [-0.39, 0.29) is 24.0 Å². The van der Waals surface area contributed by atoms with Gasteiger partial charge in [0.25, 0.3) is 0 Å². The highest BCUT2D eigenvalue weighted by Crippen LogP contribution is 2.27. The molecule has 0 saturated carbocycles. The number of imide groups is 1. The van der Waals surface area contributed by atoms with Crippen molar-refractivity contribution < 1.29 is 19.4 Å². The van der Waals surface area contributed by atoms with Crippen molar-refractivity contribution in [1.82, 2.24) is 15.1 Å². The molecule has 5 N–H and O–H groups in total. The van der Waals surface area contributed by atoms with Crippen LogP contribution in [0.3, 0.4) is 0 Å². The van der Waals surface area contributed by atoms with Crippen LogP contribution in [-0.4, -0.2) is 39.3 Å². The number of benzene rings is 2. The number of phenolic OH excluding ortho intramolecular Hbond substituents is 1. The molecular formula is C31H36N6O4. The molecule has 0 aliphatic heterocycles. The summed E-state index contributed by atoms with van der Waals surface area (Å²) in [6.45, 7) is 6.91. The number of carbonyl (C=O) groups excluding carboxylic acids is 2. The molecule has 0 fully saturated rings. The number of carbonyl (C=O) groups is 2. The Kier molecular flexibility index (Phi) is 9.04. The van der Waals surface area contributed by atoms with Crippen molar-refractivity contribution in [1.29, 1.82) is 0 Å². The van der Waals surface area contributed by atoms with Crippen LogP contribution < -0.4 is 21.1 Å². The van der Waals surface area contributed by atoms with Crippen LogP contribution in [0.2, 0.25) is 0 Å². The Morgan fingerprint density at radius 1 is 1.10 bits per heavy atom. The lowest BCUT2D eigenvalue weighted by Gasteiger charge is -2.19. The Balaban J connectivity index is 1.38. The second-order valence-electron chi connectivity index (χ2n) is 11.0. The van der Waals surface area contributed by atoms with Gasteiger partial charge in [-0.2, -0.15) is 9.83 Å². The number of pyridine rings is 1. The average Bonchev–Trinajstić information content (AvgIpc) is 3.36. The van der Waals surface area contributed by atoms with Crippen LogP contribution in [0.4, 0.5) is 5.82 Å². The summed E-state index contributed by atoms with van der Waals surface area (Å²) in [7, 11) is 0. The van der Waals surface area contributed by atoms with Crippen LogP contribution in [0.15, 0.2) is 79.1 Å². The Bertz CT molecular complexity index is 1490. The van der Waals surface area contributed by atoms with Crippen LogP contribution in [-0.2, 0) is 21.4 Å². The van der Waals surface area contributed by atoms with Gasteiger partial charge in [0.1, 0.15) is 17.3 Å². The molecule has 2 amide bonds. The average molecular weight is 557 g/mol. The van der Waals surface area contributed by atoms with E-state index < -0.39 is 17.9 Å². The molecule has 4 rings (SSSR count). The molecule has 0 aliphatic rings. The fraction of sp³-hybridized carbons (Fsp3) is 0.290. The van der Waals surface area contributed by atoms with Gasteiger partial charge >= 0.3 is 0 Å². The molecule has 0 aliphatic carbocycles. The minimum Gasteiger partial charge on any atom is -0.619 e. The third-order valence-corrected chi connectivity index (χ3v) is 6.64. The van der Waals surface area contributed by atoms with Crippen molar-refractivity contribution in [3.05, 3.63) is 95.5 Å². The molecule has 1 atom stereocenters. The van der Waals surface area contributed by atoms with Gasteiger partial charge < -0.3 is 21.4 Å². The van der Waals surface area contributed by atoms with E-state index in [1.165, 1.54) is 30.1 Å². The molecule has 41 heavy (non-hydrogen) atoms. The zero-order valence-corrected chi connectivity index (χ0v) is 23.5. The lowest BCUT2D eigenvalue weighted by molar-refractivity contribution is -0.604. The molecule has 0 bridgehead atoms. The Morgan fingerprint density at radius 3 is 2.46 bits per heavy atom. The SMILES string of the molecule is CC(C)(C)c1ccc(-n2nc(-c3ccc[n+]([O-])c3)cc2NCCCC(=O)NC(=O)[C@@H](N)Cc2ccc(O)cc2)cc1. The van der Waals surface area contributed by atoms with Crippen molar-refractivity contribution in [3.8, 4) is 22.7 Å². The van der Waals surface area contributed by atoms with Gasteiger partial charge in [0, 0.05) is 25.1 Å². The van der Waals surface area contributed by atoms with Crippen molar-refractivity contribution in [2.75, 3.05) is 11.9 Å². The van der Waals surface area contributed by atoms with Crippen molar-refractivity contribution in [2.24, 2.45) is 5.73 Å².